The number of halogens is 1. The molecule has 3 N–H and O–H groups in total. The fourth-order valence-corrected chi connectivity index (χ4v) is 4.21. The van der Waals surface area contributed by atoms with Crippen molar-refractivity contribution in [3.8, 4) is 0 Å². The summed E-state index contributed by atoms with van der Waals surface area (Å²) < 4.78 is 13.1. The summed E-state index contributed by atoms with van der Waals surface area (Å²) in [5.41, 5.74) is 1.20. The van der Waals surface area contributed by atoms with Crippen molar-refractivity contribution in [1.29, 1.82) is 0 Å². The van der Waals surface area contributed by atoms with E-state index in [1.165, 1.54) is 23.9 Å². The van der Waals surface area contributed by atoms with E-state index >= 15 is 0 Å². The molecule has 0 spiro atoms. The first-order valence-corrected chi connectivity index (χ1v) is 11.1. The van der Waals surface area contributed by atoms with Gasteiger partial charge in [-0.3, -0.25) is 9.59 Å². The second-order valence-corrected chi connectivity index (χ2v) is 9.71. The van der Waals surface area contributed by atoms with Gasteiger partial charge in [0.05, 0.1) is 12.0 Å². The fraction of sp³-hybridized carbons (Fsp3) is 0.160. The molecule has 0 amide bonds. The summed E-state index contributed by atoms with van der Waals surface area (Å²) in [7, 11) is 0. The van der Waals surface area contributed by atoms with E-state index in [9.17, 15) is 14.0 Å². The molecule has 4 aromatic rings. The van der Waals surface area contributed by atoms with Crippen molar-refractivity contribution in [3.63, 3.8) is 0 Å². The second-order valence-electron chi connectivity index (χ2n) is 8.57. The molecule has 0 unspecified atom stereocenters. The van der Waals surface area contributed by atoms with Gasteiger partial charge in [-0.05, 0) is 54.1 Å². The molecule has 0 aliphatic heterocycles. The van der Waals surface area contributed by atoms with Gasteiger partial charge < -0.3 is 15.0 Å². The van der Waals surface area contributed by atoms with E-state index in [4.69, 9.17) is 0 Å². The lowest BCUT2D eigenvalue weighted by Crippen LogP contribution is -2.46. The molecule has 0 saturated heterocycles. The Balaban J connectivity index is 1.69. The van der Waals surface area contributed by atoms with Crippen LogP contribution in [0.4, 0.5) is 4.39 Å². The molecule has 0 saturated carbocycles. The van der Waals surface area contributed by atoms with Gasteiger partial charge in [-0.2, -0.15) is 0 Å². The first kappa shape index (κ1) is 22.5. The summed E-state index contributed by atoms with van der Waals surface area (Å²) in [5, 5.41) is 0.287. The lowest BCUT2D eigenvalue weighted by atomic mass is 9.90. The molecule has 33 heavy (non-hydrogen) atoms. The zero-order valence-corrected chi connectivity index (χ0v) is 19.2. The molecule has 0 radical (unpaired) electrons. The number of nitrogens with zero attached hydrogens (tertiary/aromatic N) is 1. The first-order chi connectivity index (χ1) is 15.7. The Morgan fingerprint density at radius 1 is 0.909 bits per heavy atom. The predicted molar refractivity (Wildman–Crippen MR) is 128 cm³/mol. The van der Waals surface area contributed by atoms with Gasteiger partial charge in [-0.25, -0.2) is 9.37 Å². The van der Waals surface area contributed by atoms with Crippen LogP contribution in [-0.4, -0.2) is 19.9 Å². The molecule has 0 atom stereocenters. The SMILES string of the molecule is CC(C)(C)c1[nH]cnc1/C=c1\[nH]c(=O)/c(=C/c2cccc(Sc3ccc(F)cc3)c2)[nH]c1=O. The van der Waals surface area contributed by atoms with E-state index in [0.717, 1.165) is 21.0 Å². The Morgan fingerprint density at radius 2 is 1.58 bits per heavy atom. The molecule has 2 aromatic heterocycles. The Bertz CT molecular complexity index is 1530. The average molecular weight is 463 g/mol. The minimum absolute atomic E-state index is 0.135. The van der Waals surface area contributed by atoms with Crippen LogP contribution in [0.3, 0.4) is 0 Å². The maximum atomic E-state index is 13.1. The van der Waals surface area contributed by atoms with Gasteiger partial charge in [0.25, 0.3) is 11.1 Å². The molecule has 0 aliphatic rings. The highest BCUT2D eigenvalue weighted by molar-refractivity contribution is 7.99. The first-order valence-electron chi connectivity index (χ1n) is 10.3. The third-order valence-corrected chi connectivity index (χ3v) is 5.90. The molecular formula is C25H23FN4O2S. The number of benzene rings is 2. The molecular weight excluding hydrogens is 439 g/mol. The van der Waals surface area contributed by atoms with E-state index in [2.05, 4.69) is 19.9 Å². The average Bonchev–Trinajstić information content (AvgIpc) is 3.23. The van der Waals surface area contributed by atoms with Gasteiger partial charge >= 0.3 is 0 Å². The number of rotatable bonds is 4. The fourth-order valence-electron chi connectivity index (χ4n) is 3.32. The van der Waals surface area contributed by atoms with Crippen LogP contribution in [0.2, 0.25) is 0 Å². The third kappa shape index (κ3) is 5.40. The van der Waals surface area contributed by atoms with Crippen LogP contribution in [0.25, 0.3) is 12.2 Å². The Labute approximate surface area is 193 Å². The van der Waals surface area contributed by atoms with Gasteiger partial charge in [0.2, 0.25) is 0 Å². The molecule has 0 fully saturated rings. The molecule has 2 aromatic carbocycles. The lowest BCUT2D eigenvalue weighted by Gasteiger charge is -2.16. The summed E-state index contributed by atoms with van der Waals surface area (Å²) in [6.45, 7) is 6.10. The van der Waals surface area contributed by atoms with Crippen molar-refractivity contribution in [2.75, 3.05) is 0 Å². The number of nitrogens with one attached hydrogen (secondary N) is 3. The molecule has 4 rings (SSSR count). The van der Waals surface area contributed by atoms with Crippen LogP contribution in [0.1, 0.15) is 37.7 Å². The highest BCUT2D eigenvalue weighted by Gasteiger charge is 2.19. The molecule has 0 bridgehead atoms. The number of imidazole rings is 1. The molecule has 8 heteroatoms. The largest absolute Gasteiger partial charge is 0.348 e. The van der Waals surface area contributed by atoms with Gasteiger partial charge in [-0.1, -0.05) is 44.7 Å². The van der Waals surface area contributed by atoms with Crippen LogP contribution in [-0.2, 0) is 5.41 Å². The zero-order chi connectivity index (χ0) is 23.6. The monoisotopic (exact) mass is 462 g/mol. The Kier molecular flexibility index (Phi) is 6.20. The minimum Gasteiger partial charge on any atom is -0.348 e. The van der Waals surface area contributed by atoms with Crippen molar-refractivity contribution in [1.82, 2.24) is 19.9 Å². The van der Waals surface area contributed by atoms with E-state index < -0.39 is 11.1 Å². The van der Waals surface area contributed by atoms with Crippen LogP contribution in [0.5, 0.6) is 0 Å². The summed E-state index contributed by atoms with van der Waals surface area (Å²) in [5.74, 6) is -0.285. The Hall–Kier alpha value is -3.65. The van der Waals surface area contributed by atoms with Gasteiger partial charge in [0, 0.05) is 20.9 Å². The smallest absolute Gasteiger partial charge is 0.272 e. The van der Waals surface area contributed by atoms with Gasteiger partial charge in [0.15, 0.2) is 0 Å². The van der Waals surface area contributed by atoms with Crippen molar-refractivity contribution in [2.45, 2.75) is 36.0 Å². The van der Waals surface area contributed by atoms with E-state index in [1.54, 1.807) is 30.6 Å². The summed E-state index contributed by atoms with van der Waals surface area (Å²) in [6, 6.07) is 13.8. The third-order valence-electron chi connectivity index (χ3n) is 4.90. The molecule has 168 valence electrons. The Morgan fingerprint density at radius 3 is 2.24 bits per heavy atom. The van der Waals surface area contributed by atoms with Crippen molar-refractivity contribution >= 4 is 23.9 Å². The number of H-pyrrole nitrogens is 3. The molecule has 2 heterocycles. The normalized spacial score (nSPS) is 13.0. The van der Waals surface area contributed by atoms with Crippen LogP contribution < -0.4 is 21.8 Å². The van der Waals surface area contributed by atoms with Crippen molar-refractivity contribution in [3.05, 3.63) is 109 Å². The number of aromatic amines is 3. The predicted octanol–water partition coefficient (Wildman–Crippen LogP) is 3.03. The van der Waals surface area contributed by atoms with E-state index in [-0.39, 0.29) is 21.9 Å². The lowest BCUT2D eigenvalue weighted by molar-refractivity contribution is 0.571. The number of hydrogen-bond donors (Lipinski definition) is 3. The second kappa shape index (κ2) is 9.07. The molecule has 6 nitrogen and oxygen atoms in total. The number of aromatic nitrogens is 4. The maximum absolute atomic E-state index is 13.1. The summed E-state index contributed by atoms with van der Waals surface area (Å²) >= 11 is 1.48. The van der Waals surface area contributed by atoms with E-state index in [1.807, 2.05) is 45.0 Å². The van der Waals surface area contributed by atoms with E-state index in [0.29, 0.717) is 5.69 Å². The topological polar surface area (TPSA) is 94.4 Å². The van der Waals surface area contributed by atoms with Crippen LogP contribution in [0.15, 0.2) is 74.2 Å². The van der Waals surface area contributed by atoms with Crippen LogP contribution in [0, 0.1) is 5.82 Å². The van der Waals surface area contributed by atoms with Crippen molar-refractivity contribution < 1.29 is 4.39 Å². The van der Waals surface area contributed by atoms with Crippen LogP contribution >= 0.6 is 11.8 Å². The number of hydrogen-bond acceptors (Lipinski definition) is 4. The zero-order valence-electron chi connectivity index (χ0n) is 18.4. The minimum atomic E-state index is -0.416. The quantitative estimate of drug-likeness (QED) is 0.435. The standard InChI is InChI=1S/C25H23FN4O2S/c1-25(2,3)22-19(27-14-28-22)13-21-24(32)29-20(23(31)30-21)12-15-5-4-6-18(11-15)33-17-9-7-16(26)8-10-17/h4-14H,1-3H3,(H,27,28)(H,29,32)(H,30,31)/b20-12-,21-13-. The summed E-state index contributed by atoms with van der Waals surface area (Å²) in [4.78, 5) is 39.8. The highest BCUT2D eigenvalue weighted by atomic mass is 32.2. The van der Waals surface area contributed by atoms with Crippen molar-refractivity contribution in [2.24, 2.45) is 0 Å². The molecule has 0 aliphatic carbocycles. The van der Waals surface area contributed by atoms with Gasteiger partial charge in [0.1, 0.15) is 16.5 Å². The highest BCUT2D eigenvalue weighted by Crippen LogP contribution is 2.28. The summed E-state index contributed by atoms with van der Waals surface area (Å²) in [6.07, 6.45) is 4.76. The maximum Gasteiger partial charge on any atom is 0.272 e. The van der Waals surface area contributed by atoms with Gasteiger partial charge in [-0.15, -0.1) is 0 Å².